The number of halogens is 2. The third-order valence-electron chi connectivity index (χ3n) is 14.0. The van der Waals surface area contributed by atoms with Gasteiger partial charge >= 0.3 is 0 Å². The predicted octanol–water partition coefficient (Wildman–Crippen LogP) is 15.8. The molecule has 0 unspecified atom stereocenters. The number of nitrogens with zero attached hydrogens (tertiary/aromatic N) is 4. The van der Waals surface area contributed by atoms with E-state index in [0.29, 0.717) is 5.82 Å². The van der Waals surface area contributed by atoms with Crippen molar-refractivity contribution in [3.63, 3.8) is 0 Å². The maximum atomic E-state index is 5.52. The van der Waals surface area contributed by atoms with Gasteiger partial charge in [-0.2, -0.15) is 0 Å². The van der Waals surface area contributed by atoms with E-state index in [1.165, 1.54) is 79.0 Å². The lowest BCUT2D eigenvalue weighted by molar-refractivity contribution is 0.794. The fourth-order valence-electron chi connectivity index (χ4n) is 10.8. The molecule has 3 heterocycles. The van der Waals surface area contributed by atoms with Crippen molar-refractivity contribution in [2.24, 2.45) is 0 Å². The van der Waals surface area contributed by atoms with Crippen LogP contribution in [0.25, 0.3) is 55.4 Å². The van der Waals surface area contributed by atoms with Crippen LogP contribution < -0.4 is 26.2 Å². The topological polar surface area (TPSA) is 32.3 Å². The highest BCUT2D eigenvalue weighted by Crippen LogP contribution is 2.49. The molecule has 0 bridgehead atoms. The highest BCUT2D eigenvalue weighted by molar-refractivity contribution is 14.1. The van der Waals surface area contributed by atoms with Crippen LogP contribution in [-0.2, 0) is 12.8 Å². The Morgan fingerprint density at radius 1 is 0.449 bits per heavy atom. The van der Waals surface area contributed by atoms with Gasteiger partial charge in [-0.3, -0.25) is 0 Å². The largest absolute Gasteiger partial charge is 0.311 e. The van der Waals surface area contributed by atoms with Crippen LogP contribution in [-0.4, -0.2) is 16.7 Å². The Bertz CT molecular complexity index is 3370. The zero-order valence-electron chi connectivity index (χ0n) is 38.8. The number of hydrogen-bond donors (Lipinski definition) is 0. The van der Waals surface area contributed by atoms with Gasteiger partial charge in [-0.1, -0.05) is 160 Å². The van der Waals surface area contributed by atoms with E-state index in [4.69, 9.17) is 9.97 Å². The number of aromatic nitrogens is 2. The summed E-state index contributed by atoms with van der Waals surface area (Å²) in [5.41, 5.74) is 18.6. The number of rotatable bonds is 11. The Hall–Kier alpha value is -6.30. The van der Waals surface area contributed by atoms with Crippen LogP contribution in [0.15, 0.2) is 188 Å². The monoisotopic (exact) mass is 1110 g/mol. The zero-order chi connectivity index (χ0) is 46.6. The molecule has 2 aliphatic rings. The van der Waals surface area contributed by atoms with Crippen LogP contribution in [0, 0.1) is 7.14 Å². The maximum absolute atomic E-state index is 5.52. The van der Waals surface area contributed by atoms with Crippen molar-refractivity contribution in [1.82, 2.24) is 9.97 Å². The number of anilines is 6. The molecular weight excluding hydrogens is 1070 g/mol. The minimum Gasteiger partial charge on any atom is -0.311 e. The molecule has 0 radical (unpaired) electrons. The van der Waals surface area contributed by atoms with Gasteiger partial charge in [0, 0.05) is 68.7 Å². The molecule has 0 fully saturated rings. The van der Waals surface area contributed by atoms with Crippen LogP contribution in [0.2, 0.25) is 0 Å². The highest BCUT2D eigenvalue weighted by atomic mass is 127. The standard InChI is InChI=1S/C62H49BI2N4/c1-3-5-17-40-31-47(64)37-49(33-40)68-57-35-46(62-66-55(44-21-9-7-10-22-44)39-56(67-62)45-23-11-8-12-24-45)36-58-59(57)63(53-29-27-42-19-13-15-25-51(42)60(53)68)54-30-28-43-20-14-16-26-52(43)61(54)69(58)50-34-41(18-6-4-2)32-48(65)38-50/h7-16,19-39H,3-6,17-18H2,1-2H3. The molecule has 0 N–H and O–H groups in total. The summed E-state index contributed by atoms with van der Waals surface area (Å²) in [4.78, 5) is 16.2. The Morgan fingerprint density at radius 2 is 0.899 bits per heavy atom. The first-order valence-electron chi connectivity index (χ1n) is 24.3. The van der Waals surface area contributed by atoms with Gasteiger partial charge in [0.05, 0.1) is 11.4 Å². The van der Waals surface area contributed by atoms with Crippen LogP contribution in [0.5, 0.6) is 0 Å². The number of fused-ring (bicyclic) bond motifs is 8. The Balaban J connectivity index is 1.23. The van der Waals surface area contributed by atoms with Gasteiger partial charge in [0.1, 0.15) is 0 Å². The third kappa shape index (κ3) is 8.01. The maximum Gasteiger partial charge on any atom is 0.252 e. The Labute approximate surface area is 432 Å². The Kier molecular flexibility index (Phi) is 11.8. The fourth-order valence-corrected chi connectivity index (χ4v) is 12.3. The van der Waals surface area contributed by atoms with Gasteiger partial charge < -0.3 is 9.80 Å². The van der Waals surface area contributed by atoms with E-state index in [-0.39, 0.29) is 6.71 Å². The van der Waals surface area contributed by atoms with E-state index in [9.17, 15) is 0 Å². The van der Waals surface area contributed by atoms with Crippen molar-refractivity contribution in [3.8, 4) is 33.9 Å². The molecular formula is C62H49BI2N4. The highest BCUT2D eigenvalue weighted by Gasteiger charge is 2.45. The van der Waals surface area contributed by atoms with Gasteiger partial charge in [0.2, 0.25) is 0 Å². The molecule has 0 amide bonds. The molecule has 9 aromatic carbocycles. The molecule has 12 rings (SSSR count). The first-order valence-corrected chi connectivity index (χ1v) is 26.5. The summed E-state index contributed by atoms with van der Waals surface area (Å²) in [5.74, 6) is 0.690. The average molecular weight is 1110 g/mol. The molecule has 1 aromatic heterocycles. The van der Waals surface area contributed by atoms with E-state index in [1.54, 1.807) is 0 Å². The lowest BCUT2D eigenvalue weighted by Gasteiger charge is -2.45. The van der Waals surface area contributed by atoms with Crippen molar-refractivity contribution in [1.29, 1.82) is 0 Å². The fraction of sp³-hybridized carbons (Fsp3) is 0.129. The SMILES string of the molecule is CCCCc1cc(I)cc(N2c3cc(-c4nc(-c5ccccc5)cc(-c5ccccc5)n4)cc4c3B(c3ccc5ccccc5c32)c2ccc3ccccc3c2N4c2cc(I)cc(CCCC)c2)c1. The van der Waals surface area contributed by atoms with Gasteiger partial charge in [-0.25, -0.2) is 9.97 Å². The van der Waals surface area contributed by atoms with Crippen LogP contribution in [0.4, 0.5) is 34.1 Å². The quantitative estimate of drug-likeness (QED) is 0.0954. The van der Waals surface area contributed by atoms with Crippen molar-refractivity contribution in [2.45, 2.75) is 52.4 Å². The first kappa shape index (κ1) is 43.9. The summed E-state index contributed by atoms with van der Waals surface area (Å²) in [6.07, 6.45) is 6.62. The molecule has 0 spiro atoms. The van der Waals surface area contributed by atoms with Crippen molar-refractivity contribution >= 4 is 124 Å². The smallest absolute Gasteiger partial charge is 0.252 e. The summed E-state index contributed by atoms with van der Waals surface area (Å²) in [7, 11) is 0. The van der Waals surface area contributed by atoms with Gasteiger partial charge in [0.25, 0.3) is 6.71 Å². The van der Waals surface area contributed by atoms with Gasteiger partial charge in [-0.15, -0.1) is 0 Å². The van der Waals surface area contributed by atoms with Crippen molar-refractivity contribution < 1.29 is 0 Å². The van der Waals surface area contributed by atoms with Crippen molar-refractivity contribution in [2.75, 3.05) is 9.80 Å². The number of unbranched alkanes of at least 4 members (excludes halogenated alkanes) is 2. The van der Waals surface area contributed by atoms with Crippen LogP contribution in [0.1, 0.15) is 50.7 Å². The minimum absolute atomic E-state index is 0.0584. The average Bonchev–Trinajstić information content (AvgIpc) is 3.39. The van der Waals surface area contributed by atoms with Crippen LogP contribution in [0.3, 0.4) is 0 Å². The van der Waals surface area contributed by atoms with E-state index >= 15 is 0 Å². The molecule has 10 aromatic rings. The molecule has 69 heavy (non-hydrogen) atoms. The van der Waals surface area contributed by atoms with Crippen LogP contribution >= 0.6 is 45.2 Å². The van der Waals surface area contributed by atoms with E-state index in [1.807, 2.05) is 0 Å². The summed E-state index contributed by atoms with van der Waals surface area (Å²) in [6.45, 7) is 4.51. The summed E-state index contributed by atoms with van der Waals surface area (Å²) < 4.78 is 2.46. The molecule has 2 aliphatic heterocycles. The van der Waals surface area contributed by atoms with Gasteiger partial charge in [-0.05, 0) is 164 Å². The first-order chi connectivity index (χ1) is 33.9. The lowest BCUT2D eigenvalue weighted by atomic mass is 9.33. The summed E-state index contributed by atoms with van der Waals surface area (Å²) in [6, 6.07) is 69.9. The second kappa shape index (κ2) is 18.6. The second-order valence-electron chi connectivity index (χ2n) is 18.5. The second-order valence-corrected chi connectivity index (χ2v) is 21.0. The van der Waals surface area contributed by atoms with E-state index < -0.39 is 0 Å². The van der Waals surface area contributed by atoms with Gasteiger partial charge in [0.15, 0.2) is 5.82 Å². The summed E-state index contributed by atoms with van der Waals surface area (Å²) in [5, 5.41) is 4.91. The predicted molar refractivity (Wildman–Crippen MR) is 310 cm³/mol. The number of aryl methyl sites for hydroxylation is 2. The molecule has 334 valence electrons. The number of hydrogen-bond acceptors (Lipinski definition) is 4. The van der Waals surface area contributed by atoms with E-state index in [0.717, 1.165) is 78.0 Å². The zero-order valence-corrected chi connectivity index (χ0v) is 43.1. The molecule has 0 atom stereocenters. The molecule has 7 heteroatoms. The van der Waals surface area contributed by atoms with E-state index in [2.05, 4.69) is 257 Å². The molecule has 0 saturated heterocycles. The summed E-state index contributed by atoms with van der Waals surface area (Å²) >= 11 is 5.08. The Morgan fingerprint density at radius 3 is 1.36 bits per heavy atom. The molecule has 0 aliphatic carbocycles. The minimum atomic E-state index is -0.0584. The molecule has 0 saturated carbocycles. The molecule has 4 nitrogen and oxygen atoms in total. The third-order valence-corrected chi connectivity index (χ3v) is 15.2. The lowest BCUT2D eigenvalue weighted by Crippen LogP contribution is -2.61. The normalized spacial score (nSPS) is 12.6. The number of benzene rings is 9. The van der Waals surface area contributed by atoms with Crippen molar-refractivity contribution in [3.05, 3.63) is 206 Å².